The molecule has 0 saturated carbocycles. The van der Waals surface area contributed by atoms with Crippen LogP contribution in [0.1, 0.15) is 37.4 Å². The van der Waals surface area contributed by atoms with E-state index in [9.17, 15) is 9.59 Å². The molecule has 0 aromatic heterocycles. The molecule has 0 spiro atoms. The summed E-state index contributed by atoms with van der Waals surface area (Å²) in [6, 6.07) is 16.7. The van der Waals surface area contributed by atoms with E-state index in [0.717, 1.165) is 23.8 Å². The second-order valence-corrected chi connectivity index (χ2v) is 9.19. The van der Waals surface area contributed by atoms with Crippen LogP contribution in [-0.2, 0) is 0 Å². The lowest BCUT2D eigenvalue weighted by molar-refractivity contribution is 0.101. The van der Waals surface area contributed by atoms with Crippen molar-refractivity contribution in [3.63, 3.8) is 0 Å². The zero-order chi connectivity index (χ0) is 21.1. The van der Waals surface area contributed by atoms with Gasteiger partial charge in [-0.05, 0) is 119 Å². The van der Waals surface area contributed by atoms with Gasteiger partial charge in [-0.2, -0.15) is 0 Å². The molecular formula is C23H20I2N2O2. The average Bonchev–Trinajstić information content (AvgIpc) is 2.68. The molecule has 2 N–H and O–H groups in total. The van der Waals surface area contributed by atoms with E-state index in [1.165, 1.54) is 0 Å². The lowest BCUT2D eigenvalue weighted by atomic mass is 10.1. The summed E-state index contributed by atoms with van der Waals surface area (Å²) in [5.41, 5.74) is 5.68. The molecule has 2 amide bonds. The monoisotopic (exact) mass is 610 g/mol. The topological polar surface area (TPSA) is 58.2 Å². The van der Waals surface area contributed by atoms with Crippen LogP contribution in [0.4, 0.5) is 11.4 Å². The third kappa shape index (κ3) is 5.36. The number of nitrogens with one attached hydrogen (secondary N) is 2. The largest absolute Gasteiger partial charge is 0.322 e. The summed E-state index contributed by atoms with van der Waals surface area (Å²) in [6.07, 6.45) is 0. The smallest absolute Gasteiger partial charge is 0.255 e. The maximum atomic E-state index is 12.7. The number of rotatable bonds is 4. The fraction of sp³-hybridized carbons (Fsp3) is 0.130. The first-order chi connectivity index (χ1) is 13.7. The Morgan fingerprint density at radius 1 is 0.655 bits per heavy atom. The maximum Gasteiger partial charge on any atom is 0.255 e. The van der Waals surface area contributed by atoms with Gasteiger partial charge in [0.05, 0.1) is 0 Å². The molecule has 0 unspecified atom stereocenters. The van der Waals surface area contributed by atoms with Crippen LogP contribution in [0.5, 0.6) is 0 Å². The Hall–Kier alpha value is -1.94. The van der Waals surface area contributed by atoms with Gasteiger partial charge < -0.3 is 10.6 Å². The van der Waals surface area contributed by atoms with Crippen LogP contribution in [0.3, 0.4) is 0 Å². The quantitative estimate of drug-likeness (QED) is 0.340. The minimum absolute atomic E-state index is 0.178. The van der Waals surface area contributed by atoms with E-state index in [-0.39, 0.29) is 11.8 Å². The Bertz CT molecular complexity index is 1110. The first kappa shape index (κ1) is 21.8. The number of hydrogen-bond donors (Lipinski definition) is 2. The van der Waals surface area contributed by atoms with Crippen molar-refractivity contribution in [2.75, 3.05) is 10.6 Å². The van der Waals surface area contributed by atoms with Gasteiger partial charge in [0.1, 0.15) is 0 Å². The molecule has 0 radical (unpaired) electrons. The van der Waals surface area contributed by atoms with E-state index in [1.807, 2.05) is 69.3 Å². The highest BCUT2D eigenvalue weighted by atomic mass is 127. The molecule has 0 aliphatic carbocycles. The molecule has 4 nitrogen and oxygen atoms in total. The number of benzene rings is 3. The molecule has 0 saturated heterocycles. The molecule has 3 aromatic carbocycles. The third-order valence-electron chi connectivity index (χ3n) is 4.61. The highest BCUT2D eigenvalue weighted by Gasteiger charge is 2.12. The van der Waals surface area contributed by atoms with Crippen LogP contribution in [0.2, 0.25) is 0 Å². The minimum Gasteiger partial charge on any atom is -0.322 e. The SMILES string of the molecule is Cc1ccc(C(=O)Nc2ccc(C)c(NC(=O)c3ccc(C)c(I)c3)c2)cc1I. The molecule has 0 aliphatic heterocycles. The highest BCUT2D eigenvalue weighted by Crippen LogP contribution is 2.23. The molecule has 6 heteroatoms. The van der Waals surface area contributed by atoms with Gasteiger partial charge in [-0.25, -0.2) is 0 Å². The van der Waals surface area contributed by atoms with Crippen molar-refractivity contribution in [1.82, 2.24) is 0 Å². The van der Waals surface area contributed by atoms with Gasteiger partial charge in [-0.1, -0.05) is 18.2 Å². The van der Waals surface area contributed by atoms with Crippen LogP contribution in [0.25, 0.3) is 0 Å². The molecule has 3 aromatic rings. The number of carbonyl (C=O) groups excluding carboxylic acids is 2. The second kappa shape index (κ2) is 9.25. The Morgan fingerprint density at radius 3 is 1.66 bits per heavy atom. The molecule has 3 rings (SSSR count). The van der Waals surface area contributed by atoms with Crippen LogP contribution in [-0.4, -0.2) is 11.8 Å². The lowest BCUT2D eigenvalue weighted by Crippen LogP contribution is -2.15. The molecule has 29 heavy (non-hydrogen) atoms. The summed E-state index contributed by atoms with van der Waals surface area (Å²) < 4.78 is 2.08. The van der Waals surface area contributed by atoms with Crippen LogP contribution in [0, 0.1) is 27.9 Å². The fourth-order valence-corrected chi connectivity index (χ4v) is 3.73. The molecule has 0 atom stereocenters. The van der Waals surface area contributed by atoms with Crippen molar-refractivity contribution < 1.29 is 9.59 Å². The Kier molecular flexibility index (Phi) is 6.94. The van der Waals surface area contributed by atoms with Gasteiger partial charge in [-0.3, -0.25) is 9.59 Å². The summed E-state index contributed by atoms with van der Waals surface area (Å²) >= 11 is 4.44. The lowest BCUT2D eigenvalue weighted by Gasteiger charge is -2.12. The average molecular weight is 610 g/mol. The van der Waals surface area contributed by atoms with Crippen molar-refractivity contribution >= 4 is 68.4 Å². The summed E-state index contributed by atoms with van der Waals surface area (Å²) in [6.45, 7) is 5.94. The molecule has 0 heterocycles. The summed E-state index contributed by atoms with van der Waals surface area (Å²) in [4.78, 5) is 25.2. The van der Waals surface area contributed by atoms with E-state index < -0.39 is 0 Å². The van der Waals surface area contributed by atoms with Crippen molar-refractivity contribution in [3.05, 3.63) is 89.6 Å². The number of amides is 2. The van der Waals surface area contributed by atoms with Gasteiger partial charge in [-0.15, -0.1) is 0 Å². The Balaban J connectivity index is 1.78. The number of halogens is 2. The number of hydrogen-bond acceptors (Lipinski definition) is 2. The molecule has 0 fully saturated rings. The number of carbonyl (C=O) groups is 2. The zero-order valence-corrected chi connectivity index (χ0v) is 20.6. The Morgan fingerprint density at radius 2 is 1.14 bits per heavy atom. The van der Waals surface area contributed by atoms with Crippen molar-refractivity contribution in [1.29, 1.82) is 0 Å². The van der Waals surface area contributed by atoms with Gasteiger partial charge in [0.25, 0.3) is 11.8 Å². The van der Waals surface area contributed by atoms with Gasteiger partial charge >= 0.3 is 0 Å². The predicted octanol–water partition coefficient (Wildman–Crippen LogP) is 6.33. The standard InChI is InChI=1S/C23H20I2N2O2/c1-13-4-7-16(10-19(13)24)22(28)26-18-9-6-15(3)21(12-18)27-23(29)17-8-5-14(2)20(25)11-17/h4-12H,1-3H3,(H,26,28)(H,27,29). The van der Waals surface area contributed by atoms with Gasteiger partial charge in [0.2, 0.25) is 0 Å². The first-order valence-electron chi connectivity index (χ1n) is 9.00. The Labute approximate surface area is 197 Å². The van der Waals surface area contributed by atoms with Crippen molar-refractivity contribution in [2.24, 2.45) is 0 Å². The molecule has 148 valence electrons. The summed E-state index contributed by atoms with van der Waals surface area (Å²) in [7, 11) is 0. The van der Waals surface area contributed by atoms with E-state index in [0.29, 0.717) is 22.5 Å². The van der Waals surface area contributed by atoms with E-state index in [2.05, 4.69) is 55.8 Å². The molecule has 0 bridgehead atoms. The van der Waals surface area contributed by atoms with E-state index >= 15 is 0 Å². The summed E-state index contributed by atoms with van der Waals surface area (Å²) in [5.74, 6) is -0.361. The predicted molar refractivity (Wildman–Crippen MR) is 135 cm³/mol. The molecular weight excluding hydrogens is 590 g/mol. The third-order valence-corrected chi connectivity index (χ3v) is 6.94. The van der Waals surface area contributed by atoms with Gasteiger partial charge in [0, 0.05) is 29.6 Å². The molecule has 0 aliphatic rings. The van der Waals surface area contributed by atoms with Crippen LogP contribution < -0.4 is 10.6 Å². The van der Waals surface area contributed by atoms with Crippen molar-refractivity contribution in [3.8, 4) is 0 Å². The minimum atomic E-state index is -0.183. The fourth-order valence-electron chi connectivity index (χ4n) is 2.70. The van der Waals surface area contributed by atoms with E-state index in [4.69, 9.17) is 0 Å². The second-order valence-electron chi connectivity index (χ2n) is 6.87. The first-order valence-corrected chi connectivity index (χ1v) is 11.2. The zero-order valence-electron chi connectivity index (χ0n) is 16.3. The van der Waals surface area contributed by atoms with Crippen LogP contribution in [0.15, 0.2) is 54.6 Å². The highest BCUT2D eigenvalue weighted by molar-refractivity contribution is 14.1. The maximum absolute atomic E-state index is 12.7. The summed E-state index contributed by atoms with van der Waals surface area (Å²) in [5, 5.41) is 5.86. The van der Waals surface area contributed by atoms with Gasteiger partial charge in [0.15, 0.2) is 0 Å². The number of anilines is 2. The van der Waals surface area contributed by atoms with Crippen molar-refractivity contribution in [2.45, 2.75) is 20.8 Å². The number of aryl methyl sites for hydroxylation is 3. The van der Waals surface area contributed by atoms with Crippen LogP contribution >= 0.6 is 45.2 Å². The normalized spacial score (nSPS) is 10.5. The van der Waals surface area contributed by atoms with E-state index in [1.54, 1.807) is 6.07 Å².